The van der Waals surface area contributed by atoms with Crippen molar-refractivity contribution < 1.29 is 19.1 Å². The Morgan fingerprint density at radius 3 is 1.74 bits per heavy atom. The predicted molar refractivity (Wildman–Crippen MR) is 148 cm³/mol. The van der Waals surface area contributed by atoms with Gasteiger partial charge in [-0.3, -0.25) is 4.79 Å². The minimum Gasteiger partial charge on any atom is -0.463 e. The van der Waals surface area contributed by atoms with Gasteiger partial charge < -0.3 is 14.4 Å². The number of aryl methyl sites for hydroxylation is 1. The van der Waals surface area contributed by atoms with Crippen molar-refractivity contribution in [2.75, 3.05) is 33.9 Å². The van der Waals surface area contributed by atoms with Gasteiger partial charge in [-0.05, 0) is 46.0 Å². The maximum atomic E-state index is 11.9. The number of esters is 2. The van der Waals surface area contributed by atoms with Crippen LogP contribution in [0.1, 0.15) is 106 Å². The summed E-state index contributed by atoms with van der Waals surface area (Å²) in [6, 6.07) is 7.53. The van der Waals surface area contributed by atoms with Crippen LogP contribution >= 0.6 is 15.9 Å². The van der Waals surface area contributed by atoms with E-state index in [9.17, 15) is 9.59 Å². The normalized spacial score (nSPS) is 12.0. The molecule has 35 heavy (non-hydrogen) atoms. The average Bonchev–Trinajstić information content (AvgIpc) is 2.83. The van der Waals surface area contributed by atoms with Gasteiger partial charge in [0.25, 0.3) is 0 Å². The molecule has 5 nitrogen and oxygen atoms in total. The Morgan fingerprint density at radius 1 is 0.743 bits per heavy atom. The van der Waals surface area contributed by atoms with Gasteiger partial charge >= 0.3 is 11.9 Å². The van der Waals surface area contributed by atoms with Gasteiger partial charge in [0.1, 0.15) is 11.4 Å². The fraction of sp³-hybridized carbons (Fsp3) is 0.724. The van der Waals surface area contributed by atoms with Crippen LogP contribution in [0, 0.1) is 6.92 Å². The number of likely N-dealkylation sites (N-methyl/N-ethyl adjacent to an activating group) is 1. The van der Waals surface area contributed by atoms with Crippen LogP contribution in [0.25, 0.3) is 0 Å². The molecule has 0 aliphatic rings. The first-order valence-corrected chi connectivity index (χ1v) is 14.5. The van der Waals surface area contributed by atoms with E-state index in [4.69, 9.17) is 9.47 Å². The van der Waals surface area contributed by atoms with E-state index in [1.165, 1.54) is 64.2 Å². The number of unbranched alkanes of at least 4 members (excludes halogenated alkanes) is 12. The second-order valence-corrected chi connectivity index (χ2v) is 10.9. The van der Waals surface area contributed by atoms with E-state index < -0.39 is 0 Å². The molecular formula is C29H48BrNO4. The number of hydrogen-bond acceptors (Lipinski definition) is 5. The van der Waals surface area contributed by atoms with E-state index in [0.29, 0.717) is 18.8 Å². The Morgan fingerprint density at radius 2 is 1.23 bits per heavy atom. The van der Waals surface area contributed by atoms with Gasteiger partial charge in [0, 0.05) is 6.54 Å². The fourth-order valence-corrected chi connectivity index (χ4v) is 4.30. The molecule has 6 heteroatoms. The third kappa shape index (κ3) is 17.6. The Balaban J connectivity index is 1.81. The van der Waals surface area contributed by atoms with Crippen LogP contribution < -0.4 is 0 Å². The summed E-state index contributed by atoms with van der Waals surface area (Å²) in [4.78, 5) is 25.7. The molecule has 1 atom stereocenters. The third-order valence-corrected chi connectivity index (χ3v) is 6.99. The molecule has 0 aromatic heterocycles. The van der Waals surface area contributed by atoms with Gasteiger partial charge in [-0.25, -0.2) is 4.79 Å². The zero-order valence-corrected chi connectivity index (χ0v) is 24.0. The van der Waals surface area contributed by atoms with Crippen molar-refractivity contribution in [2.24, 2.45) is 0 Å². The number of halogens is 1. The van der Waals surface area contributed by atoms with Crippen molar-refractivity contribution in [1.29, 1.82) is 0 Å². The molecule has 0 heterocycles. The highest BCUT2D eigenvalue weighted by atomic mass is 79.9. The fourth-order valence-electron chi connectivity index (χ4n) is 3.85. The number of nitrogens with zero attached hydrogens (tertiary/aromatic N) is 1. The zero-order valence-electron chi connectivity index (χ0n) is 22.4. The molecule has 0 radical (unpaired) electrons. The Kier molecular flexibility index (Phi) is 18.8. The molecule has 0 aliphatic heterocycles. The molecule has 1 aromatic rings. The van der Waals surface area contributed by atoms with Gasteiger partial charge in [-0.15, -0.1) is 0 Å². The number of rotatable bonds is 21. The summed E-state index contributed by atoms with van der Waals surface area (Å²) in [7, 11) is 3.94. The molecule has 0 bridgehead atoms. The topological polar surface area (TPSA) is 55.8 Å². The second-order valence-electron chi connectivity index (χ2n) is 9.83. The average molecular weight is 555 g/mol. The summed E-state index contributed by atoms with van der Waals surface area (Å²) >= 11 is 3.46. The van der Waals surface area contributed by atoms with E-state index in [1.54, 1.807) is 0 Å². The quantitative estimate of drug-likeness (QED) is 0.0896. The van der Waals surface area contributed by atoms with Gasteiger partial charge in [0.2, 0.25) is 0 Å². The summed E-state index contributed by atoms with van der Waals surface area (Å²) in [5, 5.41) is 0. The van der Waals surface area contributed by atoms with E-state index in [-0.39, 0.29) is 16.8 Å². The molecule has 1 rings (SSSR count). The lowest BCUT2D eigenvalue weighted by atomic mass is 10.0. The summed E-state index contributed by atoms with van der Waals surface area (Å²) in [5.74, 6) is -0.346. The molecule has 0 N–H and O–H groups in total. The maximum absolute atomic E-state index is 11.9. The number of carbonyl (C=O) groups excluding carboxylic acids is 2. The van der Waals surface area contributed by atoms with Crippen LogP contribution in [0.15, 0.2) is 24.3 Å². The van der Waals surface area contributed by atoms with Crippen LogP contribution in [-0.2, 0) is 14.3 Å². The van der Waals surface area contributed by atoms with E-state index in [1.807, 2.05) is 50.2 Å². The number of hydrogen-bond donors (Lipinski definition) is 0. The minimum atomic E-state index is -0.215. The van der Waals surface area contributed by atoms with Crippen LogP contribution in [0.5, 0.6) is 0 Å². The standard InChI is InChI=1S/C29H48BrNO4/c1-25-18-20-26(21-19-25)28(32)34-23-16-14-12-10-8-6-4-5-7-9-11-13-15-17-27(30)29(33)35-24-22-31(2)3/h18-21,27H,4-17,22-24H2,1-3H3. The molecule has 1 unspecified atom stereocenters. The zero-order chi connectivity index (χ0) is 25.7. The second kappa shape index (κ2) is 20.8. The van der Waals surface area contributed by atoms with Crippen molar-refractivity contribution in [3.8, 4) is 0 Å². The smallest absolute Gasteiger partial charge is 0.338 e. The molecule has 0 spiro atoms. The van der Waals surface area contributed by atoms with Gasteiger partial charge in [-0.1, -0.05) is 111 Å². The first kappa shape index (κ1) is 31.6. The SMILES string of the molecule is Cc1ccc(C(=O)OCCCCCCCCCCCCCCCC(Br)C(=O)OCCN(C)C)cc1. The lowest BCUT2D eigenvalue weighted by Gasteiger charge is -2.12. The highest BCUT2D eigenvalue weighted by molar-refractivity contribution is 9.10. The predicted octanol–water partition coefficient (Wildman–Crippen LogP) is 7.48. The molecule has 0 saturated carbocycles. The van der Waals surface area contributed by atoms with Crippen LogP contribution in [0.3, 0.4) is 0 Å². The van der Waals surface area contributed by atoms with E-state index in [0.717, 1.165) is 37.8 Å². The highest BCUT2D eigenvalue weighted by Gasteiger charge is 2.15. The summed E-state index contributed by atoms with van der Waals surface area (Å²) in [6.07, 6.45) is 16.8. The van der Waals surface area contributed by atoms with Crippen molar-refractivity contribution in [1.82, 2.24) is 4.90 Å². The highest BCUT2D eigenvalue weighted by Crippen LogP contribution is 2.16. The molecule has 0 amide bonds. The van der Waals surface area contributed by atoms with Crippen LogP contribution in [0.2, 0.25) is 0 Å². The van der Waals surface area contributed by atoms with E-state index in [2.05, 4.69) is 15.9 Å². The largest absolute Gasteiger partial charge is 0.463 e. The first-order chi connectivity index (χ1) is 16.9. The molecule has 0 aliphatic carbocycles. The first-order valence-electron chi connectivity index (χ1n) is 13.6. The van der Waals surface area contributed by atoms with E-state index >= 15 is 0 Å². The molecule has 1 aromatic carbocycles. The van der Waals surface area contributed by atoms with Crippen molar-refractivity contribution in [3.05, 3.63) is 35.4 Å². The van der Waals surface area contributed by atoms with Gasteiger partial charge in [-0.2, -0.15) is 0 Å². The van der Waals surface area contributed by atoms with Crippen LogP contribution in [0.4, 0.5) is 0 Å². The van der Waals surface area contributed by atoms with Crippen molar-refractivity contribution >= 4 is 27.9 Å². The summed E-state index contributed by atoms with van der Waals surface area (Å²) in [5.41, 5.74) is 1.78. The van der Waals surface area contributed by atoms with Crippen molar-refractivity contribution in [2.45, 2.75) is 102 Å². The van der Waals surface area contributed by atoms with Gasteiger partial charge in [0.15, 0.2) is 0 Å². The Bertz CT molecular complexity index is 678. The molecule has 200 valence electrons. The lowest BCUT2D eigenvalue weighted by Crippen LogP contribution is -2.24. The number of alkyl halides is 1. The molecular weight excluding hydrogens is 506 g/mol. The monoisotopic (exact) mass is 553 g/mol. The lowest BCUT2D eigenvalue weighted by molar-refractivity contribution is -0.143. The maximum Gasteiger partial charge on any atom is 0.338 e. The van der Waals surface area contributed by atoms with Crippen LogP contribution in [-0.4, -0.2) is 55.5 Å². The Labute approximate surface area is 222 Å². The molecule has 0 saturated heterocycles. The third-order valence-electron chi connectivity index (χ3n) is 6.16. The van der Waals surface area contributed by atoms with Crippen molar-refractivity contribution in [3.63, 3.8) is 0 Å². The molecule has 0 fully saturated rings. The summed E-state index contributed by atoms with van der Waals surface area (Å²) in [6.45, 7) is 3.75. The minimum absolute atomic E-state index is 0.131. The number of benzene rings is 1. The summed E-state index contributed by atoms with van der Waals surface area (Å²) < 4.78 is 10.6. The van der Waals surface area contributed by atoms with Gasteiger partial charge in [0.05, 0.1) is 12.2 Å². The Hall–Kier alpha value is -1.40. The number of carbonyl (C=O) groups is 2. The number of ether oxygens (including phenoxy) is 2.